The lowest BCUT2D eigenvalue weighted by atomic mass is 9.89. The predicted octanol–water partition coefficient (Wildman–Crippen LogP) is 4.78. The number of hydrogen-bond acceptors (Lipinski definition) is 2. The summed E-state index contributed by atoms with van der Waals surface area (Å²) in [6.07, 6.45) is 2.39. The molecule has 0 saturated carbocycles. The molecule has 2 atom stereocenters. The lowest BCUT2D eigenvalue weighted by Crippen LogP contribution is -2.33. The van der Waals surface area contributed by atoms with Gasteiger partial charge >= 0.3 is 5.97 Å². The summed E-state index contributed by atoms with van der Waals surface area (Å²) in [6, 6.07) is 14.5. The summed E-state index contributed by atoms with van der Waals surface area (Å²) in [5.41, 5.74) is 2.25. The second kappa shape index (κ2) is 6.75. The maximum Gasteiger partial charge on any atom is 0.333 e. The summed E-state index contributed by atoms with van der Waals surface area (Å²) < 4.78 is 0. The van der Waals surface area contributed by atoms with Gasteiger partial charge in [0, 0.05) is 16.1 Å². The average Bonchev–Trinajstić information content (AvgIpc) is 2.55. The van der Waals surface area contributed by atoms with E-state index >= 15 is 0 Å². The Morgan fingerprint density at radius 2 is 1.78 bits per heavy atom. The first kappa shape index (κ1) is 16.1. The van der Waals surface area contributed by atoms with Gasteiger partial charge in [0.1, 0.15) is 0 Å². The summed E-state index contributed by atoms with van der Waals surface area (Å²) in [6.45, 7) is 0. The highest BCUT2D eigenvalue weighted by Crippen LogP contribution is 2.34. The van der Waals surface area contributed by atoms with Crippen molar-refractivity contribution in [3.8, 4) is 0 Å². The van der Waals surface area contributed by atoms with E-state index < -0.39 is 12.0 Å². The first-order chi connectivity index (χ1) is 11.0. The molecule has 1 aliphatic rings. The summed E-state index contributed by atoms with van der Waals surface area (Å²) >= 11 is 12.0. The molecule has 0 amide bonds. The Morgan fingerprint density at radius 3 is 2.43 bits per heavy atom. The smallest absolute Gasteiger partial charge is 0.333 e. The molecule has 1 aliphatic heterocycles. The third kappa shape index (κ3) is 3.58. The molecule has 3 nitrogen and oxygen atoms in total. The molecule has 0 radical (unpaired) electrons. The first-order valence-corrected chi connectivity index (χ1v) is 8.00. The topological polar surface area (TPSA) is 49.3 Å². The quantitative estimate of drug-likeness (QED) is 0.839. The number of carboxylic acid groups (broad SMARTS) is 1. The second-order valence-corrected chi connectivity index (χ2v) is 6.33. The highest BCUT2D eigenvalue weighted by Gasteiger charge is 2.29. The Balaban J connectivity index is 1.95. The number of nitrogens with one attached hydrogen (secondary N) is 1. The molecule has 23 heavy (non-hydrogen) atoms. The van der Waals surface area contributed by atoms with Gasteiger partial charge in [-0.15, -0.1) is 0 Å². The van der Waals surface area contributed by atoms with Gasteiger partial charge in [-0.05, 0) is 41.8 Å². The molecule has 0 bridgehead atoms. The van der Waals surface area contributed by atoms with Crippen molar-refractivity contribution in [1.29, 1.82) is 0 Å². The van der Waals surface area contributed by atoms with Crippen LogP contribution in [0, 0.1) is 0 Å². The van der Waals surface area contributed by atoms with E-state index in [1.54, 1.807) is 18.2 Å². The fourth-order valence-corrected chi connectivity index (χ4v) is 3.15. The normalized spacial score (nSPS) is 20.9. The monoisotopic (exact) mass is 347 g/mol. The van der Waals surface area contributed by atoms with Gasteiger partial charge in [0.25, 0.3) is 0 Å². The van der Waals surface area contributed by atoms with Crippen LogP contribution >= 0.6 is 23.2 Å². The summed E-state index contributed by atoms with van der Waals surface area (Å²) in [4.78, 5) is 11.6. The van der Waals surface area contributed by atoms with E-state index in [4.69, 9.17) is 23.2 Å². The minimum absolute atomic E-state index is 0.0272. The van der Waals surface area contributed by atoms with Crippen LogP contribution in [0.1, 0.15) is 29.6 Å². The molecule has 0 spiro atoms. The van der Waals surface area contributed by atoms with Gasteiger partial charge in [-0.25, -0.2) is 4.79 Å². The maximum atomic E-state index is 11.6. The number of carboxylic acids is 1. The molecule has 2 aromatic carbocycles. The van der Waals surface area contributed by atoms with Gasteiger partial charge in [-0.1, -0.05) is 53.5 Å². The largest absolute Gasteiger partial charge is 0.478 e. The van der Waals surface area contributed by atoms with E-state index in [0.29, 0.717) is 22.0 Å². The van der Waals surface area contributed by atoms with Crippen molar-refractivity contribution in [2.75, 3.05) is 0 Å². The number of hydrogen-bond donors (Lipinski definition) is 2. The molecule has 3 rings (SSSR count). The molecule has 2 N–H and O–H groups in total. The minimum atomic E-state index is -0.919. The van der Waals surface area contributed by atoms with Gasteiger partial charge in [-0.2, -0.15) is 0 Å². The molecule has 0 saturated heterocycles. The fraction of sp³-hybridized carbons (Fsp3) is 0.167. The van der Waals surface area contributed by atoms with Crippen molar-refractivity contribution in [2.24, 2.45) is 0 Å². The van der Waals surface area contributed by atoms with Crippen molar-refractivity contribution in [3.63, 3.8) is 0 Å². The molecule has 0 fully saturated rings. The molecule has 0 unspecified atom stereocenters. The number of aliphatic carboxylic acids is 1. The van der Waals surface area contributed by atoms with Crippen molar-refractivity contribution in [3.05, 3.63) is 81.4 Å². The Labute approximate surface area is 144 Å². The average molecular weight is 348 g/mol. The van der Waals surface area contributed by atoms with Gasteiger partial charge < -0.3 is 5.11 Å². The van der Waals surface area contributed by atoms with Crippen LogP contribution in [-0.4, -0.2) is 11.1 Å². The van der Waals surface area contributed by atoms with Crippen LogP contribution in [0.15, 0.2) is 60.2 Å². The van der Waals surface area contributed by atoms with Crippen molar-refractivity contribution >= 4 is 29.2 Å². The Bertz CT molecular complexity index is 756. The van der Waals surface area contributed by atoms with E-state index in [9.17, 15) is 9.90 Å². The van der Waals surface area contributed by atoms with Crippen molar-refractivity contribution < 1.29 is 9.90 Å². The molecule has 5 heteroatoms. The first-order valence-electron chi connectivity index (χ1n) is 7.25. The number of carbonyl (C=O) groups is 1. The Kier molecular flexibility index (Phi) is 4.71. The van der Waals surface area contributed by atoms with Crippen LogP contribution in [0.3, 0.4) is 0 Å². The van der Waals surface area contributed by atoms with Crippen LogP contribution in [-0.2, 0) is 4.79 Å². The van der Waals surface area contributed by atoms with E-state index in [-0.39, 0.29) is 6.04 Å². The molecule has 118 valence electrons. The molecular formula is C18H15Cl2NO2. The SMILES string of the molecule is O=C(O)C1=CC[C@@H](c2ccc(Cl)cc2)N[C@H]1c1cccc(Cl)c1. The zero-order valence-electron chi connectivity index (χ0n) is 12.2. The van der Waals surface area contributed by atoms with Gasteiger partial charge in [0.05, 0.1) is 11.6 Å². The zero-order chi connectivity index (χ0) is 16.4. The summed E-state index contributed by atoms with van der Waals surface area (Å²) in [5.74, 6) is -0.919. The van der Waals surface area contributed by atoms with Crippen molar-refractivity contribution in [2.45, 2.75) is 18.5 Å². The molecule has 1 heterocycles. The molecule has 0 aromatic heterocycles. The van der Waals surface area contributed by atoms with Gasteiger partial charge in [0.15, 0.2) is 0 Å². The summed E-state index contributed by atoms with van der Waals surface area (Å²) in [5, 5.41) is 14.2. The maximum absolute atomic E-state index is 11.6. The van der Waals surface area contributed by atoms with Crippen LogP contribution in [0.5, 0.6) is 0 Å². The fourth-order valence-electron chi connectivity index (χ4n) is 2.82. The van der Waals surface area contributed by atoms with E-state index in [1.165, 1.54) is 0 Å². The van der Waals surface area contributed by atoms with E-state index in [1.807, 2.05) is 36.4 Å². The van der Waals surface area contributed by atoms with E-state index in [0.717, 1.165) is 11.1 Å². The molecule has 2 aromatic rings. The molecule has 0 aliphatic carbocycles. The third-order valence-electron chi connectivity index (χ3n) is 3.95. The van der Waals surface area contributed by atoms with Crippen molar-refractivity contribution in [1.82, 2.24) is 5.32 Å². The highest BCUT2D eigenvalue weighted by atomic mass is 35.5. The van der Waals surface area contributed by atoms with E-state index in [2.05, 4.69) is 5.32 Å². The van der Waals surface area contributed by atoms with Crippen LogP contribution < -0.4 is 5.32 Å². The summed E-state index contributed by atoms with van der Waals surface area (Å²) in [7, 11) is 0. The Morgan fingerprint density at radius 1 is 1.04 bits per heavy atom. The van der Waals surface area contributed by atoms with Crippen LogP contribution in [0.2, 0.25) is 10.0 Å². The highest BCUT2D eigenvalue weighted by molar-refractivity contribution is 6.30. The Hall–Kier alpha value is -1.81. The lowest BCUT2D eigenvalue weighted by Gasteiger charge is -2.31. The zero-order valence-corrected chi connectivity index (χ0v) is 13.7. The third-order valence-corrected chi connectivity index (χ3v) is 4.44. The second-order valence-electron chi connectivity index (χ2n) is 5.46. The minimum Gasteiger partial charge on any atom is -0.478 e. The number of halogens is 2. The number of rotatable bonds is 3. The van der Waals surface area contributed by atoms with Crippen LogP contribution in [0.4, 0.5) is 0 Å². The molecular weight excluding hydrogens is 333 g/mol. The van der Waals surface area contributed by atoms with Gasteiger partial charge in [-0.3, -0.25) is 5.32 Å². The number of benzene rings is 2. The standard InChI is InChI=1S/C18H15Cl2NO2/c19-13-6-4-11(5-7-13)16-9-8-15(18(22)23)17(21-16)12-2-1-3-14(20)10-12/h1-8,10,16-17,21H,9H2,(H,22,23)/t16-,17-/m0/s1. The lowest BCUT2D eigenvalue weighted by molar-refractivity contribution is -0.133. The van der Waals surface area contributed by atoms with Crippen LogP contribution in [0.25, 0.3) is 0 Å². The van der Waals surface area contributed by atoms with Gasteiger partial charge in [0.2, 0.25) is 0 Å². The predicted molar refractivity (Wildman–Crippen MR) is 91.9 cm³/mol.